The first-order chi connectivity index (χ1) is 6.18. The van der Waals surface area contributed by atoms with Crippen LogP contribution in [-0.4, -0.2) is 11.1 Å². The summed E-state index contributed by atoms with van der Waals surface area (Å²) in [7, 11) is 0. The van der Waals surface area contributed by atoms with E-state index in [1.165, 1.54) is 8.83 Å². The Morgan fingerprint density at radius 1 is 1.31 bits per heavy atom. The number of hydrogen-bond donors (Lipinski definition) is 1. The van der Waals surface area contributed by atoms with Crippen LogP contribution in [-0.2, 0) is 11.2 Å². The minimum atomic E-state index is -0.713. The fourth-order valence-electron chi connectivity index (χ4n) is 1.09. The van der Waals surface area contributed by atoms with Crippen molar-refractivity contribution in [1.82, 2.24) is 0 Å². The van der Waals surface area contributed by atoms with Gasteiger partial charge in [0.2, 0.25) is 0 Å². The van der Waals surface area contributed by atoms with Gasteiger partial charge >= 0.3 is 93.0 Å². The summed E-state index contributed by atoms with van der Waals surface area (Å²) < 4.78 is 1.29. The first-order valence-electron chi connectivity index (χ1n) is 4.15. The number of hydrogen-bond acceptors (Lipinski definition) is 1. The summed E-state index contributed by atoms with van der Waals surface area (Å²) in [4.78, 5) is 10.2. The molecule has 1 aromatic rings. The van der Waals surface area contributed by atoms with Crippen LogP contribution < -0.4 is 3.27 Å². The van der Waals surface area contributed by atoms with E-state index in [0.29, 0.717) is 0 Å². The summed E-state index contributed by atoms with van der Waals surface area (Å²) in [5.74, 6) is -0.713. The van der Waals surface area contributed by atoms with Crippen LogP contribution in [0.25, 0.3) is 0 Å². The van der Waals surface area contributed by atoms with Gasteiger partial charge in [-0.25, -0.2) is 0 Å². The van der Waals surface area contributed by atoms with Crippen LogP contribution in [0, 0.1) is 24.7 Å². The van der Waals surface area contributed by atoms with Crippen molar-refractivity contribution in [2.75, 3.05) is 0 Å². The van der Waals surface area contributed by atoms with Crippen LogP contribution in [0.2, 0.25) is 0 Å². The van der Waals surface area contributed by atoms with Crippen LogP contribution in [0.1, 0.15) is 18.4 Å². The van der Waals surface area contributed by atoms with Crippen LogP contribution in [0.5, 0.6) is 0 Å². The SMILES string of the molecule is O=C(O)CCCc1ccc([At])cc1. The second-order valence-electron chi connectivity index (χ2n) is 2.87. The summed E-state index contributed by atoms with van der Waals surface area (Å²) in [5.41, 5.74) is 1.22. The van der Waals surface area contributed by atoms with Gasteiger partial charge in [-0.1, -0.05) is 0 Å². The van der Waals surface area contributed by atoms with Gasteiger partial charge in [0.1, 0.15) is 0 Å². The fourth-order valence-corrected chi connectivity index (χ4v) is 1.58. The molecule has 0 heterocycles. The molecule has 0 saturated heterocycles. The van der Waals surface area contributed by atoms with E-state index in [1.807, 2.05) is 0 Å². The maximum absolute atomic E-state index is 10.2. The van der Waals surface area contributed by atoms with Gasteiger partial charge in [-0.05, 0) is 0 Å². The molecular formula is C10H11AtO2. The second kappa shape index (κ2) is 5.33. The van der Waals surface area contributed by atoms with Crippen molar-refractivity contribution in [3.8, 4) is 0 Å². The van der Waals surface area contributed by atoms with Crippen molar-refractivity contribution in [3.63, 3.8) is 0 Å². The number of carboxylic acids is 1. The predicted molar refractivity (Wildman–Crippen MR) is 46.6 cm³/mol. The first-order valence-corrected chi connectivity index (χ1v) is 5.61. The number of carboxylic acid groups (broad SMARTS) is 1. The van der Waals surface area contributed by atoms with Crippen LogP contribution >= 0.6 is 0 Å². The topological polar surface area (TPSA) is 37.3 Å². The summed E-state index contributed by atoms with van der Waals surface area (Å²) in [6, 6.07) is 8.29. The first kappa shape index (κ1) is 10.7. The van der Waals surface area contributed by atoms with E-state index in [9.17, 15) is 4.79 Å². The van der Waals surface area contributed by atoms with E-state index in [4.69, 9.17) is 5.11 Å². The summed E-state index contributed by atoms with van der Waals surface area (Å²) >= 11 is 1.66. The number of rotatable bonds is 4. The van der Waals surface area contributed by atoms with Crippen LogP contribution in [0.4, 0.5) is 0 Å². The molecule has 0 aromatic heterocycles. The van der Waals surface area contributed by atoms with Gasteiger partial charge in [-0.3, -0.25) is 0 Å². The average molecular weight is 373 g/mol. The normalized spacial score (nSPS) is 9.92. The molecule has 1 aromatic carbocycles. The maximum atomic E-state index is 10.2. The fraction of sp³-hybridized carbons (Fsp3) is 0.300. The van der Waals surface area contributed by atoms with Crippen molar-refractivity contribution in [3.05, 3.63) is 29.8 Å². The third kappa shape index (κ3) is 4.37. The molecule has 0 fully saturated rings. The molecule has 70 valence electrons. The molecule has 1 N–H and O–H groups in total. The molecule has 0 aliphatic heterocycles. The molecule has 2 nitrogen and oxygen atoms in total. The second-order valence-corrected chi connectivity index (χ2v) is 4.57. The van der Waals surface area contributed by atoms with Crippen molar-refractivity contribution in [2.45, 2.75) is 19.3 Å². The van der Waals surface area contributed by atoms with Crippen molar-refractivity contribution >= 4 is 9.24 Å². The molecule has 0 atom stereocenters. The third-order valence-corrected chi connectivity index (χ3v) is 2.75. The van der Waals surface area contributed by atoms with E-state index < -0.39 is 5.97 Å². The number of aliphatic carboxylic acids is 1. The molecule has 0 aliphatic rings. The van der Waals surface area contributed by atoms with E-state index in [-0.39, 0.29) is 6.42 Å². The Balaban J connectivity index is 2.37. The van der Waals surface area contributed by atoms with Gasteiger partial charge in [0.25, 0.3) is 0 Å². The summed E-state index contributed by atoms with van der Waals surface area (Å²) in [6.45, 7) is 0. The Bertz CT molecular complexity index is 279. The van der Waals surface area contributed by atoms with Crippen molar-refractivity contribution in [2.24, 2.45) is 0 Å². The van der Waals surface area contributed by atoms with Crippen molar-refractivity contribution in [1.29, 1.82) is 0 Å². The molecule has 0 unspecified atom stereocenters. The summed E-state index contributed by atoms with van der Waals surface area (Å²) in [5, 5.41) is 8.44. The molecule has 0 radical (unpaired) electrons. The molecule has 3 heteroatoms. The average Bonchev–Trinajstić information content (AvgIpc) is 2.08. The molecule has 0 aliphatic carbocycles. The Morgan fingerprint density at radius 2 is 1.92 bits per heavy atom. The van der Waals surface area contributed by atoms with E-state index in [2.05, 4.69) is 24.3 Å². The predicted octanol–water partition coefficient (Wildman–Crippen LogP) is 1.27. The van der Waals surface area contributed by atoms with Gasteiger partial charge in [0, 0.05) is 0 Å². The Morgan fingerprint density at radius 3 is 2.46 bits per heavy atom. The van der Waals surface area contributed by atoms with Crippen LogP contribution in [0.3, 0.4) is 0 Å². The van der Waals surface area contributed by atoms with E-state index in [1.54, 1.807) is 24.7 Å². The van der Waals surface area contributed by atoms with E-state index >= 15 is 0 Å². The summed E-state index contributed by atoms with van der Waals surface area (Å²) in [6.07, 6.45) is 1.85. The Hall–Kier alpha value is -0.427. The molecule has 0 bridgehead atoms. The zero-order chi connectivity index (χ0) is 9.68. The molecule has 0 saturated carbocycles. The number of aryl methyl sites for hydroxylation is 1. The number of benzene rings is 1. The van der Waals surface area contributed by atoms with Crippen molar-refractivity contribution < 1.29 is 34.6 Å². The molecule has 0 spiro atoms. The van der Waals surface area contributed by atoms with Gasteiger partial charge in [-0.15, -0.1) is 0 Å². The Kier molecular flexibility index (Phi) is 4.37. The zero-order valence-electron chi connectivity index (χ0n) is 7.16. The molecule has 1 rings (SSSR count). The number of carbonyl (C=O) groups is 1. The quantitative estimate of drug-likeness (QED) is 0.863. The zero-order valence-corrected chi connectivity index (χ0v) is 10.1. The molecular weight excluding hydrogens is 362 g/mol. The third-order valence-electron chi connectivity index (χ3n) is 1.77. The van der Waals surface area contributed by atoms with Gasteiger partial charge < -0.3 is 0 Å². The van der Waals surface area contributed by atoms with Gasteiger partial charge in [-0.2, -0.15) is 0 Å². The van der Waals surface area contributed by atoms with E-state index in [0.717, 1.165) is 12.8 Å². The standard InChI is InChI=1S/C10H11AtO2/c11-9-6-4-8(5-7-9)2-1-3-10(12)13/h4-7H,1-3H2,(H,12,13). The molecule has 13 heavy (non-hydrogen) atoms. The monoisotopic (exact) mass is 373 g/mol. The van der Waals surface area contributed by atoms with Gasteiger partial charge in [0.05, 0.1) is 0 Å². The van der Waals surface area contributed by atoms with Crippen LogP contribution in [0.15, 0.2) is 24.3 Å². The van der Waals surface area contributed by atoms with Gasteiger partial charge in [0.15, 0.2) is 0 Å². The minimum absolute atomic E-state index is 0.261. The molecule has 0 amide bonds. The Labute approximate surface area is 92.8 Å².